The van der Waals surface area contributed by atoms with E-state index < -0.39 is 15.8 Å². The molecule has 7 rings (SSSR count). The maximum atomic E-state index is 14.7. The summed E-state index contributed by atoms with van der Waals surface area (Å²) in [6, 6.07) is 15.1. The second-order valence-corrected chi connectivity index (χ2v) is 13.6. The molecule has 0 aliphatic carbocycles. The van der Waals surface area contributed by atoms with E-state index in [2.05, 4.69) is 53.3 Å². The topological polar surface area (TPSA) is 119 Å². The van der Waals surface area contributed by atoms with E-state index in [-0.39, 0.29) is 6.54 Å². The van der Waals surface area contributed by atoms with Gasteiger partial charge < -0.3 is 10.3 Å². The Labute approximate surface area is 261 Å². The largest absolute Gasteiger partial charge is 0.348 e. The summed E-state index contributed by atoms with van der Waals surface area (Å²) in [6.45, 7) is 3.18. The van der Waals surface area contributed by atoms with Crippen LogP contribution in [0.2, 0.25) is 0 Å². The van der Waals surface area contributed by atoms with Gasteiger partial charge in [-0.25, -0.2) is 17.5 Å². The van der Waals surface area contributed by atoms with Crippen LogP contribution in [-0.2, 0) is 23.1 Å². The summed E-state index contributed by atoms with van der Waals surface area (Å²) in [5.74, 6) is 0.296. The molecule has 2 aliphatic rings. The van der Waals surface area contributed by atoms with E-state index in [1.165, 1.54) is 37.0 Å². The van der Waals surface area contributed by atoms with Gasteiger partial charge in [0.25, 0.3) is 0 Å². The number of H-pyrrole nitrogens is 2. The van der Waals surface area contributed by atoms with Crippen LogP contribution in [0.4, 0.5) is 10.2 Å². The predicted octanol–water partition coefficient (Wildman–Crippen LogP) is 6.17. The van der Waals surface area contributed by atoms with E-state index >= 15 is 0 Å². The number of allylic oxidation sites excluding steroid dienone is 2. The third-order valence-corrected chi connectivity index (χ3v) is 8.97. The van der Waals surface area contributed by atoms with Crippen LogP contribution in [0.25, 0.3) is 39.0 Å². The van der Waals surface area contributed by atoms with E-state index in [1.54, 1.807) is 6.07 Å². The van der Waals surface area contributed by atoms with Gasteiger partial charge in [0.1, 0.15) is 17.3 Å². The lowest BCUT2D eigenvalue weighted by atomic mass is 9.96. The number of benzene rings is 2. The van der Waals surface area contributed by atoms with Gasteiger partial charge in [0.05, 0.1) is 17.5 Å². The molecule has 0 saturated carbocycles. The van der Waals surface area contributed by atoms with Crippen molar-refractivity contribution in [2.45, 2.75) is 32.4 Å². The number of piperidine rings is 1. The van der Waals surface area contributed by atoms with Crippen molar-refractivity contribution < 1.29 is 12.8 Å². The second kappa shape index (κ2) is 12.1. The number of sulfonamides is 1. The monoisotopic (exact) mass is 623 g/mol. The van der Waals surface area contributed by atoms with Crippen LogP contribution in [0.5, 0.6) is 0 Å². The maximum absolute atomic E-state index is 14.7. The first-order valence-corrected chi connectivity index (χ1v) is 16.9. The van der Waals surface area contributed by atoms with Gasteiger partial charge in [0.15, 0.2) is 0 Å². The molecule has 0 unspecified atom stereocenters. The Morgan fingerprint density at radius 1 is 0.956 bits per heavy atom. The lowest BCUT2D eigenvalue weighted by molar-refractivity contribution is 0.220. The number of likely N-dealkylation sites (tertiary alicyclic amines) is 1. The summed E-state index contributed by atoms with van der Waals surface area (Å²) < 4.78 is 40.4. The molecule has 0 spiro atoms. The molecular formula is C34H34FN7O2S. The van der Waals surface area contributed by atoms with E-state index in [1.807, 2.05) is 42.9 Å². The molecule has 5 heterocycles. The SMILES string of the molecule is CS(=O)(=O)NCc1cc(F)cc(C2=CC=CNc3[nH]c(-c4n[nH]c5ccc(-c6cncc(CN7CCCCC7)c6)cc45)cc32)c1. The third kappa shape index (κ3) is 6.46. The lowest BCUT2D eigenvalue weighted by Gasteiger charge is -2.26. The fourth-order valence-electron chi connectivity index (χ4n) is 6.15. The highest BCUT2D eigenvalue weighted by atomic mass is 32.2. The first kappa shape index (κ1) is 29.1. The minimum Gasteiger partial charge on any atom is -0.348 e. The molecule has 3 aromatic heterocycles. The van der Waals surface area contributed by atoms with Crippen LogP contribution < -0.4 is 10.0 Å². The summed E-state index contributed by atoms with van der Waals surface area (Å²) >= 11 is 0. The number of rotatable bonds is 8. The number of hydrogen-bond donors (Lipinski definition) is 4. The molecule has 45 heavy (non-hydrogen) atoms. The minimum absolute atomic E-state index is 0.00547. The molecule has 0 atom stereocenters. The van der Waals surface area contributed by atoms with Gasteiger partial charge in [-0.3, -0.25) is 15.0 Å². The first-order valence-electron chi connectivity index (χ1n) is 15.1. The van der Waals surface area contributed by atoms with Crippen molar-refractivity contribution in [3.05, 3.63) is 107 Å². The molecule has 2 aromatic carbocycles. The molecule has 0 bridgehead atoms. The zero-order valence-corrected chi connectivity index (χ0v) is 25.7. The number of fused-ring (bicyclic) bond motifs is 2. The van der Waals surface area contributed by atoms with Crippen LogP contribution in [0.3, 0.4) is 0 Å². The molecule has 11 heteroatoms. The molecule has 1 fully saturated rings. The molecule has 0 radical (unpaired) electrons. The van der Waals surface area contributed by atoms with Crippen LogP contribution >= 0.6 is 0 Å². The van der Waals surface area contributed by atoms with Gasteiger partial charge in [-0.1, -0.05) is 18.6 Å². The summed E-state index contributed by atoms with van der Waals surface area (Å²) in [7, 11) is -3.43. The molecule has 0 amide bonds. The van der Waals surface area contributed by atoms with E-state index in [0.29, 0.717) is 11.1 Å². The Hall–Kier alpha value is -4.58. The summed E-state index contributed by atoms with van der Waals surface area (Å²) in [4.78, 5) is 10.5. The Balaban J connectivity index is 1.21. The summed E-state index contributed by atoms with van der Waals surface area (Å²) in [5, 5.41) is 12.1. The first-order chi connectivity index (χ1) is 21.8. The van der Waals surface area contributed by atoms with Gasteiger partial charge in [-0.05, 0) is 102 Å². The molecule has 4 N–H and O–H groups in total. The highest BCUT2D eigenvalue weighted by Gasteiger charge is 2.20. The van der Waals surface area contributed by atoms with Crippen molar-refractivity contribution in [2.24, 2.45) is 0 Å². The summed E-state index contributed by atoms with van der Waals surface area (Å²) in [6.07, 6.45) is 14.3. The van der Waals surface area contributed by atoms with Crippen LogP contribution in [0.1, 0.15) is 41.5 Å². The number of pyridine rings is 1. The van der Waals surface area contributed by atoms with Crippen LogP contribution in [-0.4, -0.2) is 52.8 Å². The number of aromatic amines is 2. The number of anilines is 1. The number of aromatic nitrogens is 4. The van der Waals surface area contributed by atoms with Crippen molar-refractivity contribution in [1.29, 1.82) is 0 Å². The number of nitrogens with one attached hydrogen (secondary N) is 4. The zero-order valence-electron chi connectivity index (χ0n) is 24.9. The van der Waals surface area contributed by atoms with E-state index in [0.717, 1.165) is 76.3 Å². The molecule has 1 saturated heterocycles. The molecule has 2 aliphatic heterocycles. The highest BCUT2D eigenvalue weighted by molar-refractivity contribution is 7.88. The maximum Gasteiger partial charge on any atom is 0.209 e. The predicted molar refractivity (Wildman–Crippen MR) is 176 cm³/mol. The normalized spacial score (nSPS) is 15.5. The Bertz CT molecular complexity index is 2060. The fraction of sp³-hybridized carbons (Fsp3) is 0.235. The van der Waals surface area contributed by atoms with E-state index in [9.17, 15) is 12.8 Å². The summed E-state index contributed by atoms with van der Waals surface area (Å²) in [5.41, 5.74) is 8.57. The molecule has 5 aromatic rings. The van der Waals surface area contributed by atoms with Gasteiger partial charge >= 0.3 is 0 Å². The van der Waals surface area contributed by atoms with Gasteiger partial charge in [-0.15, -0.1) is 0 Å². The van der Waals surface area contributed by atoms with E-state index in [4.69, 9.17) is 0 Å². The van der Waals surface area contributed by atoms with Gasteiger partial charge in [0, 0.05) is 48.2 Å². The van der Waals surface area contributed by atoms with Gasteiger partial charge in [-0.2, -0.15) is 5.10 Å². The molecule has 230 valence electrons. The Morgan fingerprint density at radius 3 is 2.64 bits per heavy atom. The third-order valence-electron chi connectivity index (χ3n) is 8.30. The standard InChI is InChI=1S/C34H34FN7O2S/c1-45(43,44)38-19-22-12-25(15-27(35)14-22)28-6-5-9-37-34-29(28)17-32(39-34)33-30-16-24(7-8-31(30)40-41-33)26-13-23(18-36-20-26)21-42-10-3-2-4-11-42/h5-9,12-18,20,37-39H,2-4,10-11,19,21H2,1H3,(H,40,41). The fourth-order valence-corrected chi connectivity index (χ4v) is 6.58. The van der Waals surface area contributed by atoms with Crippen molar-refractivity contribution in [1.82, 2.24) is 29.8 Å². The minimum atomic E-state index is -3.43. The van der Waals surface area contributed by atoms with Crippen LogP contribution in [0, 0.1) is 5.82 Å². The van der Waals surface area contributed by atoms with Crippen molar-refractivity contribution >= 4 is 32.3 Å². The average molecular weight is 624 g/mol. The van der Waals surface area contributed by atoms with Crippen molar-refractivity contribution in [3.8, 4) is 22.5 Å². The number of nitrogens with zero attached hydrogens (tertiary/aromatic N) is 3. The zero-order chi connectivity index (χ0) is 31.0. The highest BCUT2D eigenvalue weighted by Crippen LogP contribution is 2.38. The quantitative estimate of drug-likeness (QED) is 0.164. The molecule has 9 nitrogen and oxygen atoms in total. The van der Waals surface area contributed by atoms with Crippen molar-refractivity contribution in [3.63, 3.8) is 0 Å². The van der Waals surface area contributed by atoms with Crippen LogP contribution in [0.15, 0.2) is 79.3 Å². The lowest BCUT2D eigenvalue weighted by Crippen LogP contribution is -2.29. The Kier molecular flexibility index (Phi) is 7.82. The van der Waals surface area contributed by atoms with Crippen molar-refractivity contribution in [2.75, 3.05) is 24.7 Å². The average Bonchev–Trinajstić information content (AvgIpc) is 3.58. The number of halogens is 1. The van der Waals surface area contributed by atoms with Gasteiger partial charge in [0.2, 0.25) is 10.0 Å². The molecular weight excluding hydrogens is 589 g/mol. The second-order valence-electron chi connectivity index (χ2n) is 11.7. The smallest absolute Gasteiger partial charge is 0.209 e. The Morgan fingerprint density at radius 2 is 1.80 bits per heavy atom. The number of hydrogen-bond acceptors (Lipinski definition) is 6.